The van der Waals surface area contributed by atoms with Crippen LogP contribution >= 0.6 is 21.6 Å². The van der Waals surface area contributed by atoms with Crippen LogP contribution in [0.1, 0.15) is 143 Å². The van der Waals surface area contributed by atoms with Crippen LogP contribution in [0.5, 0.6) is 0 Å². The average molecular weight is 673 g/mol. The van der Waals surface area contributed by atoms with Gasteiger partial charge in [0.25, 0.3) is 0 Å². The van der Waals surface area contributed by atoms with Gasteiger partial charge in [0.2, 0.25) is 0 Å². The van der Waals surface area contributed by atoms with Gasteiger partial charge in [-0.3, -0.25) is 0 Å². The molecular weight excluding hydrogens is 617 g/mol. The quantitative estimate of drug-likeness (QED) is 0.115. The van der Waals surface area contributed by atoms with E-state index in [0.717, 1.165) is 82.4 Å². The first kappa shape index (κ1) is 37.6. The minimum Gasteiger partial charge on any atom is -0.632 e. The first-order valence-corrected chi connectivity index (χ1v) is 19.4. The van der Waals surface area contributed by atoms with E-state index in [9.17, 15) is 20.8 Å². The Labute approximate surface area is 285 Å². The molecule has 8 nitrogen and oxygen atoms in total. The number of nitrogens with zero attached hydrogens (tertiary/aromatic N) is 2. The van der Waals surface area contributed by atoms with E-state index >= 15 is 0 Å². The number of rotatable bonds is 15. The highest BCUT2D eigenvalue weighted by Gasteiger charge is 2.63. The summed E-state index contributed by atoms with van der Waals surface area (Å²) in [7, 11) is 3.19. The maximum Gasteiger partial charge on any atom is 0.196 e. The summed E-state index contributed by atoms with van der Waals surface area (Å²) in [4.78, 5) is 2.03. The molecule has 2 aromatic carbocycles. The van der Waals surface area contributed by atoms with Crippen molar-refractivity contribution in [3.8, 4) is 0 Å². The Morgan fingerprint density at radius 1 is 0.587 bits per heavy atom. The Hall–Kier alpha value is -1.18. The van der Waals surface area contributed by atoms with Crippen LogP contribution in [0.3, 0.4) is 0 Å². The number of benzene rings is 2. The number of nitrogens with one attached hydrogen (secondary N) is 2. The lowest BCUT2D eigenvalue weighted by atomic mass is 9.78. The van der Waals surface area contributed by atoms with Crippen molar-refractivity contribution in [1.82, 2.24) is 10.1 Å². The SMILES string of the molecule is CCCCCCC1(C)N([O])C(c2ccc(SSc3ccc(C4N([O])C(C)(CCCCCC)C(C)(C)[NH+]4[O-])cc3)cc2)[NH+]([O-])C1(C)C. The summed E-state index contributed by atoms with van der Waals surface area (Å²) in [5, 5.41) is 56.6. The lowest BCUT2D eigenvalue weighted by Crippen LogP contribution is -3.14. The maximum atomic E-state index is 13.7. The fourth-order valence-corrected chi connectivity index (χ4v) is 9.20. The highest BCUT2D eigenvalue weighted by Crippen LogP contribution is 2.44. The maximum absolute atomic E-state index is 13.7. The first-order chi connectivity index (χ1) is 21.7. The second-order valence-electron chi connectivity index (χ2n) is 14.9. The number of quaternary nitrogens is 2. The molecule has 2 aliphatic heterocycles. The van der Waals surface area contributed by atoms with Gasteiger partial charge in [0.1, 0.15) is 22.2 Å². The molecule has 2 fully saturated rings. The molecule has 2 saturated heterocycles. The van der Waals surface area contributed by atoms with E-state index in [-0.39, 0.29) is 10.1 Å². The van der Waals surface area contributed by atoms with Crippen LogP contribution in [0.15, 0.2) is 58.3 Å². The minimum absolute atomic E-state index is 0.00653. The van der Waals surface area contributed by atoms with Crippen molar-refractivity contribution in [3.63, 3.8) is 0 Å². The van der Waals surface area contributed by atoms with Gasteiger partial charge in [0, 0.05) is 20.9 Å². The van der Waals surface area contributed by atoms with E-state index in [4.69, 9.17) is 0 Å². The van der Waals surface area contributed by atoms with Crippen LogP contribution in [0.2, 0.25) is 0 Å². The highest BCUT2D eigenvalue weighted by molar-refractivity contribution is 8.76. The zero-order valence-corrected chi connectivity index (χ0v) is 30.8. The second-order valence-corrected chi connectivity index (χ2v) is 17.2. The molecule has 10 heteroatoms. The molecule has 256 valence electrons. The Balaban J connectivity index is 1.39. The predicted octanol–water partition coefficient (Wildman–Crippen LogP) is 7.59. The molecule has 6 unspecified atom stereocenters. The molecule has 2 aromatic rings. The molecule has 0 aliphatic carbocycles. The lowest BCUT2D eigenvalue weighted by Gasteiger charge is -2.41. The van der Waals surface area contributed by atoms with Crippen molar-refractivity contribution in [3.05, 3.63) is 70.1 Å². The number of hydroxylamine groups is 8. The van der Waals surface area contributed by atoms with Crippen LogP contribution in [0.25, 0.3) is 0 Å². The fourth-order valence-electron chi connectivity index (χ4n) is 7.27. The summed E-state index contributed by atoms with van der Waals surface area (Å²) < 4.78 is 0. The standard InChI is InChI=1S/C36H56N4O4S2/c1-9-11-13-15-25-35(7)33(3,4)37(41)31(39(35)43)27-17-21-29(22-18-27)45-46-30-23-19-28(20-24-30)32-38(42)34(5,6)36(8,40(32)44)26-16-14-12-10-2/h17-24,31-32,37-38H,9-16,25-26H2,1-8H3. The van der Waals surface area contributed by atoms with E-state index in [1.165, 1.54) is 0 Å². The molecule has 2 N–H and O–H groups in total. The monoisotopic (exact) mass is 672 g/mol. The number of hydrogen-bond donors (Lipinski definition) is 2. The number of unbranched alkanes of at least 4 members (excludes halogenated alkanes) is 6. The Bertz CT molecular complexity index is 1170. The van der Waals surface area contributed by atoms with Crippen LogP contribution in [0, 0.1) is 10.4 Å². The molecule has 0 bridgehead atoms. The van der Waals surface area contributed by atoms with Crippen LogP contribution < -0.4 is 10.1 Å². The molecule has 0 spiro atoms. The minimum atomic E-state index is -0.785. The van der Waals surface area contributed by atoms with Gasteiger partial charge in [0.15, 0.2) is 12.3 Å². The Morgan fingerprint density at radius 2 is 0.913 bits per heavy atom. The van der Waals surface area contributed by atoms with E-state index in [2.05, 4.69) is 13.8 Å². The second kappa shape index (κ2) is 15.2. The molecule has 2 heterocycles. The third kappa shape index (κ3) is 6.95. The number of hydrogen-bond acceptors (Lipinski definition) is 6. The normalized spacial score (nSPS) is 31.1. The van der Waals surface area contributed by atoms with Crippen molar-refractivity contribution in [2.24, 2.45) is 0 Å². The smallest absolute Gasteiger partial charge is 0.196 e. The van der Waals surface area contributed by atoms with E-state index in [0.29, 0.717) is 12.8 Å². The molecule has 4 rings (SSSR count). The van der Waals surface area contributed by atoms with Crippen LogP contribution in [-0.2, 0) is 10.4 Å². The molecule has 0 saturated carbocycles. The molecule has 46 heavy (non-hydrogen) atoms. The third-order valence-electron chi connectivity index (χ3n) is 11.5. The Morgan fingerprint density at radius 3 is 1.22 bits per heavy atom. The third-order valence-corrected chi connectivity index (χ3v) is 13.9. The van der Waals surface area contributed by atoms with Gasteiger partial charge in [-0.15, -0.1) is 10.4 Å². The highest BCUT2D eigenvalue weighted by atomic mass is 33.1. The molecule has 2 aliphatic rings. The summed E-state index contributed by atoms with van der Waals surface area (Å²) in [5.41, 5.74) is -1.42. The summed E-state index contributed by atoms with van der Waals surface area (Å²) in [6, 6.07) is 15.5. The summed E-state index contributed by atoms with van der Waals surface area (Å²) in [6.07, 6.45) is 8.47. The van der Waals surface area contributed by atoms with Gasteiger partial charge in [0.05, 0.1) is 0 Å². The summed E-state index contributed by atoms with van der Waals surface area (Å²) >= 11 is 0. The van der Waals surface area contributed by atoms with Gasteiger partial charge in [-0.05, 0) is 78.6 Å². The van der Waals surface area contributed by atoms with Crippen molar-refractivity contribution in [1.29, 1.82) is 0 Å². The fraction of sp³-hybridized carbons (Fsp3) is 0.667. The molecule has 0 amide bonds. The molecule has 2 radical (unpaired) electrons. The topological polar surface area (TPSA) is 101 Å². The zero-order valence-electron chi connectivity index (χ0n) is 29.2. The predicted molar refractivity (Wildman–Crippen MR) is 186 cm³/mol. The van der Waals surface area contributed by atoms with Gasteiger partial charge in [-0.25, -0.2) is 0 Å². The Kier molecular flexibility index (Phi) is 12.4. The molecule has 0 aromatic heterocycles. The van der Waals surface area contributed by atoms with Crippen LogP contribution in [0.4, 0.5) is 0 Å². The molecular formula is C36H56N4O4S2. The van der Waals surface area contributed by atoms with Crippen LogP contribution in [-0.4, -0.2) is 32.3 Å². The molecule has 6 atom stereocenters. The van der Waals surface area contributed by atoms with E-state index in [1.54, 1.807) is 21.6 Å². The van der Waals surface area contributed by atoms with Gasteiger partial charge >= 0.3 is 0 Å². The largest absolute Gasteiger partial charge is 0.632 e. The van der Waals surface area contributed by atoms with E-state index < -0.39 is 34.5 Å². The van der Waals surface area contributed by atoms with Crippen molar-refractivity contribution >= 4 is 21.6 Å². The van der Waals surface area contributed by atoms with Gasteiger partial charge in [-0.2, -0.15) is 0 Å². The van der Waals surface area contributed by atoms with E-state index in [1.807, 2.05) is 90.1 Å². The van der Waals surface area contributed by atoms with Gasteiger partial charge < -0.3 is 20.5 Å². The van der Waals surface area contributed by atoms with Crippen molar-refractivity contribution in [2.45, 2.75) is 164 Å². The van der Waals surface area contributed by atoms with Crippen molar-refractivity contribution < 1.29 is 20.5 Å². The zero-order chi connectivity index (χ0) is 33.9. The first-order valence-electron chi connectivity index (χ1n) is 17.2. The summed E-state index contributed by atoms with van der Waals surface area (Å²) in [5.74, 6) is 0. The average Bonchev–Trinajstić information content (AvgIpc) is 3.25. The van der Waals surface area contributed by atoms with Crippen molar-refractivity contribution in [2.75, 3.05) is 0 Å². The summed E-state index contributed by atoms with van der Waals surface area (Å²) in [6.45, 7) is 16.0. The lowest BCUT2D eigenvalue weighted by molar-refractivity contribution is -0.926. The van der Waals surface area contributed by atoms with Gasteiger partial charge in [-0.1, -0.05) is 121 Å².